The van der Waals surface area contributed by atoms with Crippen molar-refractivity contribution >= 4 is 23.3 Å². The van der Waals surface area contributed by atoms with Gasteiger partial charge in [-0.15, -0.1) is 0 Å². The molecule has 3 amide bonds. The quantitative estimate of drug-likeness (QED) is 0.862. The van der Waals surface area contributed by atoms with Gasteiger partial charge in [-0.1, -0.05) is 26.0 Å². The van der Waals surface area contributed by atoms with Crippen molar-refractivity contribution in [3.05, 3.63) is 59.7 Å². The predicted octanol–water partition coefficient (Wildman–Crippen LogP) is 3.97. The maximum absolute atomic E-state index is 13.4. The van der Waals surface area contributed by atoms with Crippen molar-refractivity contribution in [2.75, 3.05) is 29.9 Å². The fourth-order valence-electron chi connectivity index (χ4n) is 2.95. The van der Waals surface area contributed by atoms with Crippen LogP contribution >= 0.6 is 0 Å². The summed E-state index contributed by atoms with van der Waals surface area (Å²) >= 11 is 0. The third-order valence-corrected chi connectivity index (χ3v) is 4.51. The van der Waals surface area contributed by atoms with Gasteiger partial charge in [-0.25, -0.2) is 13.6 Å². The molecule has 0 saturated carbocycles. The van der Waals surface area contributed by atoms with Gasteiger partial charge in [0.15, 0.2) is 11.6 Å². The van der Waals surface area contributed by atoms with E-state index in [0.29, 0.717) is 24.7 Å². The van der Waals surface area contributed by atoms with E-state index in [1.807, 2.05) is 24.3 Å². The third kappa shape index (κ3) is 4.24. The lowest BCUT2D eigenvalue weighted by Gasteiger charge is -2.18. The molecule has 0 aliphatic carbocycles. The highest BCUT2D eigenvalue weighted by Gasteiger charge is 2.31. The Kier molecular flexibility index (Phi) is 5.39. The van der Waals surface area contributed by atoms with Crippen LogP contribution in [0.2, 0.25) is 0 Å². The molecular weight excluding hydrogens is 352 g/mol. The molecule has 3 rings (SSSR count). The van der Waals surface area contributed by atoms with Crippen molar-refractivity contribution < 1.29 is 18.4 Å². The minimum absolute atomic E-state index is 0.106. The van der Waals surface area contributed by atoms with E-state index in [2.05, 4.69) is 19.2 Å². The van der Waals surface area contributed by atoms with E-state index < -0.39 is 17.7 Å². The van der Waals surface area contributed by atoms with E-state index in [1.54, 1.807) is 0 Å². The van der Waals surface area contributed by atoms with Gasteiger partial charge >= 0.3 is 6.03 Å². The van der Waals surface area contributed by atoms with E-state index in [9.17, 15) is 18.4 Å². The zero-order valence-electron chi connectivity index (χ0n) is 15.2. The van der Waals surface area contributed by atoms with Crippen LogP contribution in [0.25, 0.3) is 0 Å². The lowest BCUT2D eigenvalue weighted by molar-refractivity contribution is -0.116. The summed E-state index contributed by atoms with van der Waals surface area (Å²) < 4.78 is 26.5. The molecule has 2 aromatic carbocycles. The molecule has 1 N–H and O–H groups in total. The first-order valence-corrected chi connectivity index (χ1v) is 8.76. The van der Waals surface area contributed by atoms with E-state index in [0.717, 1.165) is 12.1 Å². The van der Waals surface area contributed by atoms with Gasteiger partial charge in [-0.3, -0.25) is 9.69 Å². The number of benzene rings is 2. The minimum Gasteiger partial charge on any atom is -0.325 e. The standard InChI is InChI=1S/C20H21F2N3O2/c1-13(2)14-3-5-15(6-4-14)23-19(26)12-24-9-10-25(20(24)27)16-7-8-17(21)18(22)11-16/h3-8,11,13H,9-10,12H2,1-2H3,(H,23,26). The number of nitrogens with one attached hydrogen (secondary N) is 1. The lowest BCUT2D eigenvalue weighted by atomic mass is 10.0. The Morgan fingerprint density at radius 1 is 1.07 bits per heavy atom. The first kappa shape index (κ1) is 18.8. The number of halogens is 2. The highest BCUT2D eigenvalue weighted by Crippen LogP contribution is 2.22. The van der Waals surface area contributed by atoms with Crippen LogP contribution in [-0.4, -0.2) is 36.5 Å². The van der Waals surface area contributed by atoms with Crippen molar-refractivity contribution in [2.45, 2.75) is 19.8 Å². The molecule has 7 heteroatoms. The Balaban J connectivity index is 1.60. The summed E-state index contributed by atoms with van der Waals surface area (Å²) in [6.45, 7) is 4.71. The molecule has 0 aromatic heterocycles. The molecule has 0 bridgehead atoms. The number of rotatable bonds is 5. The van der Waals surface area contributed by atoms with Crippen LogP contribution in [0, 0.1) is 11.6 Å². The number of anilines is 2. The van der Waals surface area contributed by atoms with E-state index >= 15 is 0 Å². The molecule has 5 nitrogen and oxygen atoms in total. The Morgan fingerprint density at radius 3 is 2.41 bits per heavy atom. The van der Waals surface area contributed by atoms with Crippen molar-refractivity contribution in [3.8, 4) is 0 Å². The number of hydrogen-bond acceptors (Lipinski definition) is 2. The first-order valence-electron chi connectivity index (χ1n) is 8.76. The summed E-state index contributed by atoms with van der Waals surface area (Å²) in [4.78, 5) is 27.4. The number of urea groups is 1. The summed E-state index contributed by atoms with van der Waals surface area (Å²) in [5, 5.41) is 2.77. The van der Waals surface area contributed by atoms with Gasteiger partial charge in [0, 0.05) is 30.5 Å². The number of carbonyl (C=O) groups excluding carboxylic acids is 2. The summed E-state index contributed by atoms with van der Waals surface area (Å²) in [7, 11) is 0. The maximum atomic E-state index is 13.4. The molecule has 1 fully saturated rings. The minimum atomic E-state index is -1.01. The van der Waals surface area contributed by atoms with Crippen LogP contribution in [0.3, 0.4) is 0 Å². The molecule has 1 aliphatic heterocycles. The second-order valence-corrected chi connectivity index (χ2v) is 6.78. The maximum Gasteiger partial charge on any atom is 0.325 e. The molecule has 1 heterocycles. The van der Waals surface area contributed by atoms with E-state index in [1.165, 1.54) is 21.4 Å². The largest absolute Gasteiger partial charge is 0.325 e. The molecule has 0 atom stereocenters. The van der Waals surface area contributed by atoms with Gasteiger partial charge in [-0.2, -0.15) is 0 Å². The van der Waals surface area contributed by atoms with Crippen molar-refractivity contribution in [1.82, 2.24) is 4.90 Å². The van der Waals surface area contributed by atoms with Gasteiger partial charge in [-0.05, 0) is 35.7 Å². The fourth-order valence-corrected chi connectivity index (χ4v) is 2.95. The average Bonchev–Trinajstić information content (AvgIpc) is 2.98. The Morgan fingerprint density at radius 2 is 1.78 bits per heavy atom. The topological polar surface area (TPSA) is 52.7 Å². The fraction of sp³-hybridized carbons (Fsp3) is 0.300. The van der Waals surface area contributed by atoms with E-state index in [-0.39, 0.29) is 18.1 Å². The normalized spacial score (nSPS) is 14.2. The molecule has 2 aromatic rings. The second-order valence-electron chi connectivity index (χ2n) is 6.78. The van der Waals surface area contributed by atoms with Crippen molar-refractivity contribution in [1.29, 1.82) is 0 Å². The molecule has 1 saturated heterocycles. The molecule has 1 aliphatic rings. The second kappa shape index (κ2) is 7.73. The number of carbonyl (C=O) groups is 2. The van der Waals surface area contributed by atoms with Crippen LogP contribution in [0.4, 0.5) is 25.0 Å². The average molecular weight is 373 g/mol. The molecule has 0 spiro atoms. The summed E-state index contributed by atoms with van der Waals surface area (Å²) in [5.41, 5.74) is 2.10. The zero-order chi connectivity index (χ0) is 19.6. The molecule has 142 valence electrons. The van der Waals surface area contributed by atoms with Crippen LogP contribution < -0.4 is 10.2 Å². The first-order chi connectivity index (χ1) is 12.8. The zero-order valence-corrected chi connectivity index (χ0v) is 15.2. The van der Waals surface area contributed by atoms with Gasteiger partial charge in [0.25, 0.3) is 0 Å². The summed E-state index contributed by atoms with van der Waals surface area (Å²) in [6.07, 6.45) is 0. The van der Waals surface area contributed by atoms with Crippen LogP contribution in [0.1, 0.15) is 25.3 Å². The Labute approximate surface area is 156 Å². The molecule has 0 unspecified atom stereocenters. The van der Waals surface area contributed by atoms with Gasteiger partial charge in [0.05, 0.1) is 0 Å². The number of amides is 3. The lowest BCUT2D eigenvalue weighted by Crippen LogP contribution is -2.37. The Hall–Kier alpha value is -2.96. The highest BCUT2D eigenvalue weighted by molar-refractivity contribution is 5.99. The van der Waals surface area contributed by atoms with Gasteiger partial charge in [0.2, 0.25) is 5.91 Å². The summed E-state index contributed by atoms with van der Waals surface area (Å²) in [6, 6.07) is 10.4. The number of nitrogens with zero attached hydrogens (tertiary/aromatic N) is 2. The summed E-state index contributed by atoms with van der Waals surface area (Å²) in [5.74, 6) is -1.89. The molecular formula is C20H21F2N3O2. The van der Waals surface area contributed by atoms with Crippen LogP contribution in [0.15, 0.2) is 42.5 Å². The van der Waals surface area contributed by atoms with Gasteiger partial charge in [0.1, 0.15) is 6.54 Å². The third-order valence-electron chi connectivity index (χ3n) is 4.51. The monoisotopic (exact) mass is 373 g/mol. The van der Waals surface area contributed by atoms with Gasteiger partial charge < -0.3 is 10.2 Å². The van der Waals surface area contributed by atoms with Crippen LogP contribution in [-0.2, 0) is 4.79 Å². The van der Waals surface area contributed by atoms with E-state index in [4.69, 9.17) is 0 Å². The SMILES string of the molecule is CC(C)c1ccc(NC(=O)CN2CCN(c3ccc(F)c(F)c3)C2=O)cc1. The van der Waals surface area contributed by atoms with Crippen molar-refractivity contribution in [2.24, 2.45) is 0 Å². The van der Waals surface area contributed by atoms with Crippen molar-refractivity contribution in [3.63, 3.8) is 0 Å². The molecule has 0 radical (unpaired) electrons. The highest BCUT2D eigenvalue weighted by atomic mass is 19.2. The van der Waals surface area contributed by atoms with Crippen LogP contribution in [0.5, 0.6) is 0 Å². The Bertz CT molecular complexity index is 853. The molecule has 27 heavy (non-hydrogen) atoms. The smallest absolute Gasteiger partial charge is 0.325 e. The number of hydrogen-bond donors (Lipinski definition) is 1. The predicted molar refractivity (Wildman–Crippen MR) is 99.8 cm³/mol.